The Hall–Kier alpha value is -1.11. The highest BCUT2D eigenvalue weighted by molar-refractivity contribution is 7.11. The zero-order valence-corrected chi connectivity index (χ0v) is 16.5. The highest BCUT2D eigenvalue weighted by atomic mass is 32.1. The number of rotatable bonds is 5. The standard InChI is InChI=1S/C19H32N4OS/c1-16-6-7-17(25-16)14-21-18(20-2)22-15-19(8-4-3-5-9-19)23-10-12-24-13-11-23/h6-7H,3-5,8-15H2,1-2H3,(H2,20,21,22). The van der Waals surface area contributed by atoms with E-state index in [0.717, 1.165) is 45.4 Å². The molecule has 0 unspecified atom stereocenters. The van der Waals surface area contributed by atoms with Crippen molar-refractivity contribution in [3.8, 4) is 0 Å². The molecule has 1 aliphatic heterocycles. The molecule has 0 aromatic carbocycles. The summed E-state index contributed by atoms with van der Waals surface area (Å²) in [7, 11) is 1.86. The first kappa shape index (κ1) is 18.7. The van der Waals surface area contributed by atoms with Gasteiger partial charge in [0.15, 0.2) is 5.96 Å². The van der Waals surface area contributed by atoms with Crippen LogP contribution in [0.4, 0.5) is 0 Å². The Kier molecular flexibility index (Phi) is 6.73. The zero-order valence-electron chi connectivity index (χ0n) is 15.6. The Balaban J connectivity index is 1.57. The van der Waals surface area contributed by atoms with Crippen LogP contribution in [0.2, 0.25) is 0 Å². The lowest BCUT2D eigenvalue weighted by Crippen LogP contribution is -2.60. The van der Waals surface area contributed by atoms with Gasteiger partial charge in [-0.05, 0) is 31.9 Å². The number of nitrogens with one attached hydrogen (secondary N) is 2. The molecule has 2 N–H and O–H groups in total. The third-order valence-corrected chi connectivity index (χ3v) is 6.50. The second kappa shape index (κ2) is 9.01. The molecule has 3 rings (SSSR count). The maximum Gasteiger partial charge on any atom is 0.191 e. The van der Waals surface area contributed by atoms with Crippen LogP contribution in [-0.2, 0) is 11.3 Å². The van der Waals surface area contributed by atoms with Gasteiger partial charge in [-0.15, -0.1) is 11.3 Å². The van der Waals surface area contributed by atoms with E-state index in [1.807, 2.05) is 18.4 Å². The van der Waals surface area contributed by atoms with Gasteiger partial charge in [-0.25, -0.2) is 0 Å². The lowest BCUT2D eigenvalue weighted by molar-refractivity contribution is -0.0352. The van der Waals surface area contributed by atoms with Crippen molar-refractivity contribution in [3.63, 3.8) is 0 Å². The minimum absolute atomic E-state index is 0.263. The second-order valence-electron chi connectivity index (χ2n) is 7.18. The molecule has 25 heavy (non-hydrogen) atoms. The van der Waals surface area contributed by atoms with Crippen LogP contribution in [0.5, 0.6) is 0 Å². The van der Waals surface area contributed by atoms with Crippen molar-refractivity contribution >= 4 is 17.3 Å². The minimum Gasteiger partial charge on any atom is -0.379 e. The maximum atomic E-state index is 5.57. The first-order chi connectivity index (χ1) is 12.2. The zero-order chi connectivity index (χ0) is 17.5. The van der Waals surface area contributed by atoms with Gasteiger partial charge in [0, 0.05) is 42.0 Å². The summed E-state index contributed by atoms with van der Waals surface area (Å²) in [5, 5.41) is 7.08. The van der Waals surface area contributed by atoms with Crippen LogP contribution >= 0.6 is 11.3 Å². The van der Waals surface area contributed by atoms with Gasteiger partial charge < -0.3 is 15.4 Å². The van der Waals surface area contributed by atoms with Crippen LogP contribution < -0.4 is 10.6 Å². The molecule has 2 fully saturated rings. The van der Waals surface area contributed by atoms with Crippen molar-refractivity contribution in [1.82, 2.24) is 15.5 Å². The molecule has 1 aromatic rings. The highest BCUT2D eigenvalue weighted by Crippen LogP contribution is 2.33. The fraction of sp³-hybridized carbons (Fsp3) is 0.737. The number of aliphatic imine (C=N–C) groups is 1. The molecule has 2 aliphatic rings. The predicted molar refractivity (Wildman–Crippen MR) is 105 cm³/mol. The normalized spacial score (nSPS) is 21.9. The fourth-order valence-electron chi connectivity index (χ4n) is 4.07. The number of aryl methyl sites for hydroxylation is 1. The third kappa shape index (κ3) is 4.96. The number of morpholine rings is 1. The van der Waals surface area contributed by atoms with Crippen molar-refractivity contribution in [3.05, 3.63) is 21.9 Å². The van der Waals surface area contributed by atoms with Crippen LogP contribution in [0, 0.1) is 6.92 Å². The van der Waals surface area contributed by atoms with E-state index in [1.165, 1.54) is 41.9 Å². The Morgan fingerprint density at radius 1 is 1.20 bits per heavy atom. The molecule has 140 valence electrons. The lowest BCUT2D eigenvalue weighted by atomic mass is 9.80. The van der Waals surface area contributed by atoms with E-state index in [0.29, 0.717) is 0 Å². The smallest absolute Gasteiger partial charge is 0.191 e. The topological polar surface area (TPSA) is 48.9 Å². The van der Waals surface area contributed by atoms with E-state index >= 15 is 0 Å². The van der Waals surface area contributed by atoms with Gasteiger partial charge >= 0.3 is 0 Å². The third-order valence-electron chi connectivity index (χ3n) is 5.50. The molecule has 0 atom stereocenters. The van der Waals surface area contributed by atoms with Crippen LogP contribution in [0.15, 0.2) is 17.1 Å². The van der Waals surface area contributed by atoms with Crippen LogP contribution in [0.25, 0.3) is 0 Å². The van der Waals surface area contributed by atoms with Crippen molar-refractivity contribution in [2.45, 2.75) is 51.1 Å². The van der Waals surface area contributed by atoms with E-state index in [9.17, 15) is 0 Å². The fourth-order valence-corrected chi connectivity index (χ4v) is 4.90. The van der Waals surface area contributed by atoms with Gasteiger partial charge in [0.05, 0.1) is 19.8 Å². The van der Waals surface area contributed by atoms with Gasteiger partial charge in [-0.1, -0.05) is 19.3 Å². The van der Waals surface area contributed by atoms with Crippen LogP contribution in [0.3, 0.4) is 0 Å². The lowest BCUT2D eigenvalue weighted by Gasteiger charge is -2.48. The molecular weight excluding hydrogens is 332 g/mol. The van der Waals surface area contributed by atoms with Crippen molar-refractivity contribution in [2.75, 3.05) is 39.9 Å². The molecule has 1 saturated heterocycles. The molecule has 1 aromatic heterocycles. The largest absolute Gasteiger partial charge is 0.379 e. The average molecular weight is 365 g/mol. The average Bonchev–Trinajstić information content (AvgIpc) is 3.08. The molecule has 1 saturated carbocycles. The summed E-state index contributed by atoms with van der Waals surface area (Å²) < 4.78 is 5.57. The molecule has 0 radical (unpaired) electrons. The number of hydrogen-bond donors (Lipinski definition) is 2. The minimum atomic E-state index is 0.263. The molecule has 2 heterocycles. The van der Waals surface area contributed by atoms with Crippen LogP contribution in [0.1, 0.15) is 41.9 Å². The number of guanidine groups is 1. The molecule has 1 aliphatic carbocycles. The summed E-state index contributed by atoms with van der Waals surface area (Å²) in [5.41, 5.74) is 0.263. The quantitative estimate of drug-likeness (QED) is 0.623. The summed E-state index contributed by atoms with van der Waals surface area (Å²) >= 11 is 1.84. The SMILES string of the molecule is CN=C(NCc1ccc(C)s1)NCC1(N2CCOCC2)CCCCC1. The number of hydrogen-bond acceptors (Lipinski definition) is 4. The number of thiophene rings is 1. The van der Waals surface area contributed by atoms with E-state index < -0.39 is 0 Å². The first-order valence-corrected chi connectivity index (χ1v) is 10.4. The van der Waals surface area contributed by atoms with E-state index in [-0.39, 0.29) is 5.54 Å². The van der Waals surface area contributed by atoms with Gasteiger partial charge in [0.2, 0.25) is 0 Å². The number of nitrogens with zero attached hydrogens (tertiary/aromatic N) is 2. The summed E-state index contributed by atoms with van der Waals surface area (Å²) in [6.07, 6.45) is 6.60. The molecule has 6 heteroatoms. The highest BCUT2D eigenvalue weighted by Gasteiger charge is 2.38. The molecule has 0 bridgehead atoms. The van der Waals surface area contributed by atoms with Gasteiger partial charge in [-0.2, -0.15) is 0 Å². The van der Waals surface area contributed by atoms with Crippen molar-refractivity contribution < 1.29 is 4.74 Å². The van der Waals surface area contributed by atoms with E-state index in [1.54, 1.807) is 0 Å². The van der Waals surface area contributed by atoms with Crippen molar-refractivity contribution in [2.24, 2.45) is 4.99 Å². The molecule has 0 amide bonds. The molecule has 0 spiro atoms. The summed E-state index contributed by atoms with van der Waals surface area (Å²) in [6.45, 7) is 7.80. The Labute approximate surface area is 155 Å². The van der Waals surface area contributed by atoms with Gasteiger partial charge in [0.1, 0.15) is 0 Å². The van der Waals surface area contributed by atoms with E-state index in [4.69, 9.17) is 4.74 Å². The maximum absolute atomic E-state index is 5.57. The predicted octanol–water partition coefficient (Wildman–Crippen LogP) is 2.76. The number of ether oxygens (including phenoxy) is 1. The molecular formula is C19H32N4OS. The summed E-state index contributed by atoms with van der Waals surface area (Å²) in [4.78, 5) is 9.79. The summed E-state index contributed by atoms with van der Waals surface area (Å²) in [6, 6.07) is 4.37. The Morgan fingerprint density at radius 3 is 2.60 bits per heavy atom. The monoisotopic (exact) mass is 364 g/mol. The molecule has 5 nitrogen and oxygen atoms in total. The summed E-state index contributed by atoms with van der Waals surface area (Å²) in [5.74, 6) is 0.907. The van der Waals surface area contributed by atoms with Gasteiger partial charge in [0.25, 0.3) is 0 Å². The van der Waals surface area contributed by atoms with Crippen LogP contribution in [-0.4, -0.2) is 56.3 Å². The van der Waals surface area contributed by atoms with E-state index in [2.05, 4.69) is 39.6 Å². The second-order valence-corrected chi connectivity index (χ2v) is 8.55. The van der Waals surface area contributed by atoms with Crippen molar-refractivity contribution in [1.29, 1.82) is 0 Å². The van der Waals surface area contributed by atoms with Gasteiger partial charge in [-0.3, -0.25) is 9.89 Å². The first-order valence-electron chi connectivity index (χ1n) is 9.54. The Bertz CT molecular complexity index is 560. The Morgan fingerprint density at radius 2 is 1.96 bits per heavy atom.